The summed E-state index contributed by atoms with van der Waals surface area (Å²) in [5.41, 5.74) is 1.44. The van der Waals surface area contributed by atoms with Gasteiger partial charge in [-0.3, -0.25) is 0 Å². The lowest BCUT2D eigenvalue weighted by Crippen LogP contribution is -2.02. The van der Waals surface area contributed by atoms with E-state index in [0.717, 1.165) is 0 Å². The molecule has 0 amide bonds. The van der Waals surface area contributed by atoms with Gasteiger partial charge in [-0.1, -0.05) is 11.6 Å². The minimum Gasteiger partial charge on any atom is -0.495 e. The molecule has 0 unspecified atom stereocenters. The molecular formula is C15H10Cl2F2N4O. The zero-order chi connectivity index (χ0) is 17.6. The summed E-state index contributed by atoms with van der Waals surface area (Å²) in [4.78, 5) is 16.6. The van der Waals surface area contributed by atoms with E-state index in [1.165, 1.54) is 13.2 Å². The number of hydrogen-bond donors (Lipinski definition) is 0. The van der Waals surface area contributed by atoms with Crippen LogP contribution in [0.1, 0.15) is 11.4 Å². The molecule has 0 saturated heterocycles. The van der Waals surface area contributed by atoms with E-state index in [9.17, 15) is 8.78 Å². The second-order valence-electron chi connectivity index (χ2n) is 4.98. The predicted molar refractivity (Wildman–Crippen MR) is 86.5 cm³/mol. The Morgan fingerprint density at radius 3 is 2.29 bits per heavy atom. The molecule has 1 aromatic carbocycles. The van der Waals surface area contributed by atoms with Gasteiger partial charge in [-0.05, 0) is 31.5 Å². The number of halogens is 4. The normalized spacial score (nSPS) is 11.1. The molecule has 2 aromatic heterocycles. The number of aromatic nitrogens is 4. The smallest absolute Gasteiger partial charge is 0.225 e. The molecular weight excluding hydrogens is 361 g/mol. The maximum absolute atomic E-state index is 14.4. The first kappa shape index (κ1) is 16.7. The highest BCUT2D eigenvalue weighted by molar-refractivity contribution is 6.32. The van der Waals surface area contributed by atoms with Crippen molar-refractivity contribution in [3.63, 3.8) is 0 Å². The Morgan fingerprint density at radius 1 is 0.958 bits per heavy atom. The average Bonchev–Trinajstić information content (AvgIpc) is 2.54. The number of methoxy groups -OCH3 is 1. The molecule has 124 valence electrons. The molecule has 0 N–H and O–H groups in total. The lowest BCUT2D eigenvalue weighted by molar-refractivity contribution is 0.407. The van der Waals surface area contributed by atoms with Crippen LogP contribution in [0.15, 0.2) is 6.07 Å². The fourth-order valence-electron chi connectivity index (χ4n) is 2.17. The van der Waals surface area contributed by atoms with Crippen molar-refractivity contribution in [2.75, 3.05) is 7.11 Å². The minimum atomic E-state index is -1.24. The van der Waals surface area contributed by atoms with Crippen molar-refractivity contribution in [1.29, 1.82) is 0 Å². The van der Waals surface area contributed by atoms with Gasteiger partial charge in [0.05, 0.1) is 18.5 Å². The highest BCUT2D eigenvalue weighted by atomic mass is 35.5. The molecule has 0 aliphatic rings. The van der Waals surface area contributed by atoms with Crippen molar-refractivity contribution in [2.24, 2.45) is 0 Å². The third-order valence-electron chi connectivity index (χ3n) is 3.50. The molecule has 3 aromatic rings. The van der Waals surface area contributed by atoms with E-state index in [1.807, 2.05) is 0 Å². The van der Waals surface area contributed by atoms with Gasteiger partial charge in [0.15, 0.2) is 17.3 Å². The summed E-state index contributed by atoms with van der Waals surface area (Å²) < 4.78 is 33.5. The van der Waals surface area contributed by atoms with Gasteiger partial charge in [-0.2, -0.15) is 4.98 Å². The Balaban J connectivity index is 2.42. The summed E-state index contributed by atoms with van der Waals surface area (Å²) in [5.74, 6) is -2.46. The summed E-state index contributed by atoms with van der Waals surface area (Å²) in [5, 5.41) is -0.620. The van der Waals surface area contributed by atoms with Gasteiger partial charge >= 0.3 is 0 Å². The first-order valence-corrected chi connectivity index (χ1v) is 7.49. The molecule has 0 bridgehead atoms. The van der Waals surface area contributed by atoms with E-state index in [-0.39, 0.29) is 33.5 Å². The number of ether oxygens (including phenoxy) is 1. The zero-order valence-corrected chi connectivity index (χ0v) is 14.3. The van der Waals surface area contributed by atoms with E-state index >= 15 is 0 Å². The van der Waals surface area contributed by atoms with Gasteiger partial charge in [0.1, 0.15) is 22.0 Å². The molecule has 0 fully saturated rings. The molecule has 24 heavy (non-hydrogen) atoms. The van der Waals surface area contributed by atoms with Gasteiger partial charge in [-0.25, -0.2) is 23.7 Å². The van der Waals surface area contributed by atoms with Crippen LogP contribution in [0.5, 0.6) is 5.75 Å². The number of nitrogens with zero attached hydrogens (tertiary/aromatic N) is 4. The molecule has 2 heterocycles. The Bertz CT molecular complexity index is 982. The Morgan fingerprint density at radius 2 is 1.62 bits per heavy atom. The topological polar surface area (TPSA) is 60.8 Å². The van der Waals surface area contributed by atoms with E-state index in [4.69, 9.17) is 27.9 Å². The van der Waals surface area contributed by atoms with Crippen LogP contribution in [0, 0.1) is 25.5 Å². The van der Waals surface area contributed by atoms with Crippen LogP contribution in [0.25, 0.3) is 22.4 Å². The van der Waals surface area contributed by atoms with Crippen molar-refractivity contribution in [1.82, 2.24) is 19.9 Å². The fourth-order valence-corrected chi connectivity index (χ4v) is 2.55. The maximum Gasteiger partial charge on any atom is 0.225 e. The van der Waals surface area contributed by atoms with E-state index in [2.05, 4.69) is 19.9 Å². The maximum atomic E-state index is 14.4. The standard InChI is InChI=1S/C15H10Cl2F2N4O/c1-5-6(2)21-14-13(20-5)12(22-15(17)23-14)7-4-8(24-3)9(16)11(19)10(7)18/h4H,1-3H3. The second kappa shape index (κ2) is 6.07. The summed E-state index contributed by atoms with van der Waals surface area (Å²) >= 11 is 11.6. The van der Waals surface area contributed by atoms with E-state index < -0.39 is 16.7 Å². The third-order valence-corrected chi connectivity index (χ3v) is 4.02. The molecule has 0 atom stereocenters. The highest BCUT2D eigenvalue weighted by Crippen LogP contribution is 2.37. The summed E-state index contributed by atoms with van der Waals surface area (Å²) in [6.07, 6.45) is 0. The number of fused-ring (bicyclic) bond motifs is 1. The highest BCUT2D eigenvalue weighted by Gasteiger charge is 2.23. The van der Waals surface area contributed by atoms with Crippen LogP contribution in [-0.2, 0) is 0 Å². The summed E-state index contributed by atoms with van der Waals surface area (Å²) in [6.45, 7) is 3.49. The van der Waals surface area contributed by atoms with Crippen LogP contribution in [-0.4, -0.2) is 27.0 Å². The number of benzene rings is 1. The van der Waals surface area contributed by atoms with Crippen LogP contribution >= 0.6 is 23.2 Å². The van der Waals surface area contributed by atoms with E-state index in [0.29, 0.717) is 11.4 Å². The van der Waals surface area contributed by atoms with Crippen molar-refractivity contribution >= 4 is 34.4 Å². The molecule has 0 aliphatic carbocycles. The minimum absolute atomic E-state index is 0.00645. The number of rotatable bonds is 2. The van der Waals surface area contributed by atoms with Crippen LogP contribution < -0.4 is 4.74 Å². The van der Waals surface area contributed by atoms with Crippen LogP contribution in [0.3, 0.4) is 0 Å². The molecule has 0 radical (unpaired) electrons. The summed E-state index contributed by atoms with van der Waals surface area (Å²) in [6, 6.07) is 1.23. The Labute approximate surface area is 145 Å². The lowest BCUT2D eigenvalue weighted by atomic mass is 10.1. The number of hydrogen-bond acceptors (Lipinski definition) is 5. The van der Waals surface area contributed by atoms with Gasteiger partial charge in [0.2, 0.25) is 5.28 Å². The Hall–Kier alpha value is -2.12. The predicted octanol–water partition coefficient (Wildman–Crippen LogP) is 4.30. The van der Waals surface area contributed by atoms with Gasteiger partial charge in [0, 0.05) is 5.56 Å². The van der Waals surface area contributed by atoms with Crippen molar-refractivity contribution in [3.8, 4) is 17.0 Å². The van der Waals surface area contributed by atoms with Gasteiger partial charge < -0.3 is 4.74 Å². The van der Waals surface area contributed by atoms with Crippen LogP contribution in [0.4, 0.5) is 8.78 Å². The van der Waals surface area contributed by atoms with Gasteiger partial charge in [-0.15, -0.1) is 0 Å². The van der Waals surface area contributed by atoms with Gasteiger partial charge in [0.25, 0.3) is 0 Å². The Kier molecular flexibility index (Phi) is 4.23. The molecule has 0 saturated carbocycles. The molecule has 5 nitrogen and oxygen atoms in total. The monoisotopic (exact) mass is 370 g/mol. The largest absolute Gasteiger partial charge is 0.495 e. The van der Waals surface area contributed by atoms with E-state index in [1.54, 1.807) is 13.8 Å². The molecule has 3 rings (SSSR count). The molecule has 9 heteroatoms. The quantitative estimate of drug-likeness (QED) is 0.497. The van der Waals surface area contributed by atoms with Crippen LogP contribution in [0.2, 0.25) is 10.3 Å². The fraction of sp³-hybridized carbons (Fsp3) is 0.200. The van der Waals surface area contributed by atoms with Crippen molar-refractivity contribution in [2.45, 2.75) is 13.8 Å². The summed E-state index contributed by atoms with van der Waals surface area (Å²) in [7, 11) is 1.29. The SMILES string of the molecule is COc1cc(-c2nc(Cl)nc3nc(C)c(C)nc23)c(F)c(F)c1Cl. The molecule has 0 aliphatic heterocycles. The molecule has 0 spiro atoms. The van der Waals surface area contributed by atoms with Crippen molar-refractivity contribution in [3.05, 3.63) is 39.4 Å². The van der Waals surface area contributed by atoms with Crippen molar-refractivity contribution < 1.29 is 13.5 Å². The lowest BCUT2D eigenvalue weighted by Gasteiger charge is -2.11. The first-order valence-electron chi connectivity index (χ1n) is 6.73. The second-order valence-corrected chi connectivity index (χ2v) is 5.69. The number of aryl methyl sites for hydroxylation is 2. The third kappa shape index (κ3) is 2.63. The average molecular weight is 371 g/mol. The zero-order valence-electron chi connectivity index (χ0n) is 12.8. The first-order chi connectivity index (χ1) is 11.3.